The molecule has 0 unspecified atom stereocenters. The Hall–Kier alpha value is -2.29. The maximum atomic E-state index is 11.9. The normalized spacial score (nSPS) is 14.0. The molecule has 1 aromatic rings. The molecule has 26 heavy (non-hydrogen) atoms. The van der Waals surface area contributed by atoms with Crippen LogP contribution in [0.2, 0.25) is 0 Å². The van der Waals surface area contributed by atoms with Crippen molar-refractivity contribution in [2.45, 2.75) is 25.4 Å². The molecule has 0 heterocycles. The van der Waals surface area contributed by atoms with Gasteiger partial charge in [0.1, 0.15) is 12.4 Å². The van der Waals surface area contributed by atoms with Crippen molar-refractivity contribution in [1.29, 1.82) is 0 Å². The number of amides is 2. The number of ether oxygens (including phenoxy) is 2. The zero-order valence-corrected chi connectivity index (χ0v) is 14.1. The van der Waals surface area contributed by atoms with Crippen LogP contribution in [0.3, 0.4) is 0 Å². The van der Waals surface area contributed by atoms with E-state index in [1.807, 2.05) is 0 Å². The molecule has 2 N–H and O–H groups in total. The van der Waals surface area contributed by atoms with Crippen molar-refractivity contribution in [3.63, 3.8) is 0 Å². The summed E-state index contributed by atoms with van der Waals surface area (Å²) < 4.78 is 45.4. The molecule has 0 spiro atoms. The van der Waals surface area contributed by atoms with E-state index in [-0.39, 0.29) is 38.0 Å². The summed E-state index contributed by atoms with van der Waals surface area (Å²) in [6, 6.07) is 6.71. The van der Waals surface area contributed by atoms with E-state index in [4.69, 9.17) is 4.74 Å². The standard InChI is InChI=1S/C17H21F3N2O4/c18-17(19,20)11-25-8-2-7-21-15(23)10-26-14-4-1-3-13(9-14)22-16(24)12-5-6-12/h1,3-4,9,12H,2,5-8,10-11H2,(H,21,23)(H,22,24). The van der Waals surface area contributed by atoms with E-state index in [1.165, 1.54) is 0 Å². The number of carbonyl (C=O) groups excluding carboxylic acids is 2. The fraction of sp³-hybridized carbons (Fsp3) is 0.529. The molecule has 0 aliphatic heterocycles. The summed E-state index contributed by atoms with van der Waals surface area (Å²) in [6.07, 6.45) is -2.26. The first kappa shape index (κ1) is 20.0. The van der Waals surface area contributed by atoms with Crippen molar-refractivity contribution in [2.24, 2.45) is 5.92 Å². The van der Waals surface area contributed by atoms with Crippen LogP contribution in [-0.2, 0) is 14.3 Å². The zero-order valence-electron chi connectivity index (χ0n) is 14.1. The van der Waals surface area contributed by atoms with Crippen LogP contribution in [0.15, 0.2) is 24.3 Å². The molecular weight excluding hydrogens is 353 g/mol. The average Bonchev–Trinajstić information content (AvgIpc) is 3.40. The summed E-state index contributed by atoms with van der Waals surface area (Å²) >= 11 is 0. The lowest BCUT2D eigenvalue weighted by Gasteiger charge is -2.10. The van der Waals surface area contributed by atoms with Crippen molar-refractivity contribution in [3.8, 4) is 5.75 Å². The lowest BCUT2D eigenvalue weighted by Crippen LogP contribution is -2.30. The minimum Gasteiger partial charge on any atom is -0.484 e. The summed E-state index contributed by atoms with van der Waals surface area (Å²) in [5.41, 5.74) is 0.599. The molecule has 2 amide bonds. The molecule has 6 nitrogen and oxygen atoms in total. The summed E-state index contributed by atoms with van der Waals surface area (Å²) in [5, 5.41) is 5.31. The third-order valence-electron chi connectivity index (χ3n) is 3.47. The highest BCUT2D eigenvalue weighted by Crippen LogP contribution is 2.30. The molecule has 144 valence electrons. The minimum atomic E-state index is -4.34. The Morgan fingerprint density at radius 3 is 2.69 bits per heavy atom. The molecule has 0 aromatic heterocycles. The van der Waals surface area contributed by atoms with Gasteiger partial charge in [-0.2, -0.15) is 13.2 Å². The highest BCUT2D eigenvalue weighted by molar-refractivity contribution is 5.94. The third kappa shape index (κ3) is 8.19. The Kier molecular flexibility index (Phi) is 7.26. The molecule has 0 radical (unpaired) electrons. The number of rotatable bonds is 10. The second kappa shape index (κ2) is 9.42. The fourth-order valence-electron chi connectivity index (χ4n) is 2.04. The van der Waals surface area contributed by atoms with Crippen LogP contribution in [0.1, 0.15) is 19.3 Å². The van der Waals surface area contributed by atoms with Gasteiger partial charge in [-0.15, -0.1) is 0 Å². The Labute approximate surface area is 149 Å². The number of benzene rings is 1. The van der Waals surface area contributed by atoms with Gasteiger partial charge in [0.2, 0.25) is 5.91 Å². The van der Waals surface area contributed by atoms with Crippen molar-refractivity contribution in [2.75, 3.05) is 31.7 Å². The molecule has 1 aliphatic carbocycles. The molecule has 0 saturated heterocycles. The number of alkyl halides is 3. The van der Waals surface area contributed by atoms with Crippen molar-refractivity contribution in [3.05, 3.63) is 24.3 Å². The Morgan fingerprint density at radius 2 is 2.00 bits per heavy atom. The molecule has 1 saturated carbocycles. The quantitative estimate of drug-likeness (QED) is 0.617. The molecule has 2 rings (SSSR count). The van der Waals surface area contributed by atoms with Gasteiger partial charge in [-0.25, -0.2) is 0 Å². The van der Waals surface area contributed by atoms with E-state index < -0.39 is 18.7 Å². The predicted molar refractivity (Wildman–Crippen MR) is 87.8 cm³/mol. The molecule has 0 atom stereocenters. The Morgan fingerprint density at radius 1 is 1.23 bits per heavy atom. The van der Waals surface area contributed by atoms with Crippen LogP contribution in [0, 0.1) is 5.92 Å². The number of nitrogens with one attached hydrogen (secondary N) is 2. The summed E-state index contributed by atoms with van der Waals surface area (Å²) in [4.78, 5) is 23.4. The van der Waals surface area contributed by atoms with Gasteiger partial charge in [-0.3, -0.25) is 9.59 Å². The number of halogens is 3. The monoisotopic (exact) mass is 374 g/mol. The fourth-order valence-corrected chi connectivity index (χ4v) is 2.04. The van der Waals surface area contributed by atoms with Gasteiger partial charge in [0, 0.05) is 30.8 Å². The second-order valence-corrected chi connectivity index (χ2v) is 5.95. The molecule has 1 fully saturated rings. The van der Waals surface area contributed by atoms with Gasteiger partial charge < -0.3 is 20.1 Å². The van der Waals surface area contributed by atoms with Gasteiger partial charge in [-0.05, 0) is 31.4 Å². The first-order valence-corrected chi connectivity index (χ1v) is 8.28. The number of anilines is 1. The smallest absolute Gasteiger partial charge is 0.411 e. The number of hydrogen-bond acceptors (Lipinski definition) is 4. The van der Waals surface area contributed by atoms with Crippen LogP contribution in [0.4, 0.5) is 18.9 Å². The van der Waals surface area contributed by atoms with Crippen LogP contribution < -0.4 is 15.4 Å². The number of hydrogen-bond donors (Lipinski definition) is 2. The van der Waals surface area contributed by atoms with Gasteiger partial charge >= 0.3 is 6.18 Å². The van der Waals surface area contributed by atoms with Gasteiger partial charge in [0.15, 0.2) is 6.61 Å². The highest BCUT2D eigenvalue weighted by Gasteiger charge is 2.29. The van der Waals surface area contributed by atoms with Gasteiger partial charge in [0.25, 0.3) is 5.91 Å². The van der Waals surface area contributed by atoms with Crippen molar-refractivity contribution >= 4 is 17.5 Å². The summed E-state index contributed by atoms with van der Waals surface area (Å²) in [5.74, 6) is 0.105. The van der Waals surface area contributed by atoms with E-state index in [0.717, 1.165) is 12.8 Å². The lowest BCUT2D eigenvalue weighted by atomic mass is 10.3. The van der Waals surface area contributed by atoms with E-state index in [1.54, 1.807) is 24.3 Å². The molecule has 1 aliphatic rings. The topological polar surface area (TPSA) is 76.7 Å². The molecule has 9 heteroatoms. The maximum absolute atomic E-state index is 11.9. The Bertz CT molecular complexity index is 618. The largest absolute Gasteiger partial charge is 0.484 e. The van der Waals surface area contributed by atoms with Crippen LogP contribution in [-0.4, -0.2) is 44.4 Å². The SMILES string of the molecule is O=C(COc1cccc(NC(=O)C2CC2)c1)NCCCOCC(F)(F)F. The third-order valence-corrected chi connectivity index (χ3v) is 3.47. The van der Waals surface area contributed by atoms with Crippen LogP contribution in [0.25, 0.3) is 0 Å². The maximum Gasteiger partial charge on any atom is 0.411 e. The number of carbonyl (C=O) groups is 2. The molecule has 0 bridgehead atoms. The van der Waals surface area contributed by atoms with Crippen LogP contribution in [0.5, 0.6) is 5.75 Å². The summed E-state index contributed by atoms with van der Waals surface area (Å²) in [7, 11) is 0. The average molecular weight is 374 g/mol. The Balaban J connectivity index is 1.60. The van der Waals surface area contributed by atoms with E-state index in [9.17, 15) is 22.8 Å². The minimum absolute atomic E-state index is 0.0207. The van der Waals surface area contributed by atoms with E-state index in [0.29, 0.717) is 11.4 Å². The van der Waals surface area contributed by atoms with Crippen LogP contribution >= 0.6 is 0 Å². The summed E-state index contributed by atoms with van der Waals surface area (Å²) in [6.45, 7) is -1.43. The molecular formula is C17H21F3N2O4. The predicted octanol–water partition coefficient (Wildman–Crippen LogP) is 2.50. The van der Waals surface area contributed by atoms with Gasteiger partial charge in [0.05, 0.1) is 0 Å². The highest BCUT2D eigenvalue weighted by atomic mass is 19.4. The van der Waals surface area contributed by atoms with Crippen molar-refractivity contribution in [1.82, 2.24) is 5.32 Å². The van der Waals surface area contributed by atoms with Crippen molar-refractivity contribution < 1.29 is 32.2 Å². The van der Waals surface area contributed by atoms with Gasteiger partial charge in [-0.1, -0.05) is 6.07 Å². The van der Waals surface area contributed by atoms with E-state index in [2.05, 4.69) is 15.4 Å². The lowest BCUT2D eigenvalue weighted by molar-refractivity contribution is -0.174. The first-order valence-electron chi connectivity index (χ1n) is 8.28. The molecule has 1 aromatic carbocycles. The zero-order chi connectivity index (χ0) is 19.0. The second-order valence-electron chi connectivity index (χ2n) is 5.95. The van der Waals surface area contributed by atoms with E-state index >= 15 is 0 Å². The first-order chi connectivity index (χ1) is 12.3.